The maximum Gasteiger partial charge on any atom is 0.212 e. The number of fused-ring (bicyclic) bond motifs is 8. The number of hydrogen-bond donors (Lipinski definition) is 0. The van der Waals surface area contributed by atoms with Crippen molar-refractivity contribution in [1.82, 2.24) is 15.0 Å². The minimum atomic E-state index is -1.11. The van der Waals surface area contributed by atoms with E-state index in [2.05, 4.69) is 86.7 Å². The summed E-state index contributed by atoms with van der Waals surface area (Å²) in [5.74, 6) is 2.57. The third-order valence-electron chi connectivity index (χ3n) is 9.68. The number of ether oxygens (including phenoxy) is 1. The summed E-state index contributed by atoms with van der Waals surface area (Å²) in [6.45, 7) is 4.65. The van der Waals surface area contributed by atoms with E-state index in [1.165, 1.54) is 27.6 Å². The zero-order chi connectivity index (χ0) is 31.6. The fourth-order valence-corrected chi connectivity index (χ4v) is 7.47. The third-order valence-corrected chi connectivity index (χ3v) is 9.68. The van der Waals surface area contributed by atoms with Crippen molar-refractivity contribution in [1.29, 1.82) is 0 Å². The summed E-state index contributed by atoms with van der Waals surface area (Å²) in [6.07, 6.45) is 4.40. The van der Waals surface area contributed by atoms with E-state index in [4.69, 9.17) is 19.7 Å². The largest absolute Gasteiger partial charge is 0.469 e. The molecule has 2 heterocycles. The van der Waals surface area contributed by atoms with E-state index in [0.29, 0.717) is 17.5 Å². The lowest BCUT2D eigenvalue weighted by Gasteiger charge is -2.37. The van der Waals surface area contributed by atoms with Crippen LogP contribution in [-0.2, 0) is 11.0 Å². The van der Waals surface area contributed by atoms with Crippen LogP contribution < -0.4 is 4.74 Å². The maximum atomic E-state index is 7.46. The van der Waals surface area contributed by atoms with Gasteiger partial charge in [-0.05, 0) is 33.7 Å². The van der Waals surface area contributed by atoms with Crippen LogP contribution in [0.4, 0.5) is 0 Å². The van der Waals surface area contributed by atoms with Gasteiger partial charge in [0.15, 0.2) is 17.5 Å². The van der Waals surface area contributed by atoms with Gasteiger partial charge < -0.3 is 4.74 Å². The van der Waals surface area contributed by atoms with Crippen molar-refractivity contribution < 1.29 is 4.74 Å². The van der Waals surface area contributed by atoms with Gasteiger partial charge in [0.25, 0.3) is 0 Å². The van der Waals surface area contributed by atoms with Crippen LogP contribution in [0.3, 0.4) is 0 Å². The number of nitrogens with zero attached hydrogens (tertiary/aromatic N) is 3. The summed E-state index contributed by atoms with van der Waals surface area (Å²) in [6, 6.07) is 47.9. The Balaban J connectivity index is 1.34. The quantitative estimate of drug-likeness (QED) is 0.200. The van der Waals surface area contributed by atoms with Gasteiger partial charge in [-0.3, -0.25) is 0 Å². The molecule has 7 aromatic rings. The minimum absolute atomic E-state index is 0.214. The van der Waals surface area contributed by atoms with Crippen LogP contribution in [0.5, 0.6) is 5.75 Å². The van der Waals surface area contributed by atoms with Crippen LogP contribution in [0.1, 0.15) is 41.9 Å². The number of hydrogen-bond acceptors (Lipinski definition) is 4. The Bertz CT molecular complexity index is 2290. The molecule has 2 aliphatic rings. The molecule has 0 N–H and O–H groups in total. The van der Waals surface area contributed by atoms with E-state index < -0.39 is 5.60 Å². The molecule has 0 saturated carbocycles. The smallest absolute Gasteiger partial charge is 0.212 e. The van der Waals surface area contributed by atoms with Gasteiger partial charge in [0.1, 0.15) is 5.75 Å². The highest BCUT2D eigenvalue weighted by atomic mass is 16.5. The molecular weight excluding hydrogens is 574 g/mol. The van der Waals surface area contributed by atoms with Crippen LogP contribution in [0.2, 0.25) is 0 Å². The minimum Gasteiger partial charge on any atom is -0.469 e. The molecule has 224 valence electrons. The molecule has 1 atom stereocenters. The Kier molecular flexibility index (Phi) is 6.03. The maximum absolute atomic E-state index is 7.46. The Morgan fingerprint density at radius 1 is 0.553 bits per heavy atom. The summed E-state index contributed by atoms with van der Waals surface area (Å²) >= 11 is 0. The first kappa shape index (κ1) is 27.4. The Morgan fingerprint density at radius 2 is 1.11 bits per heavy atom. The molecule has 0 saturated heterocycles. The van der Waals surface area contributed by atoms with Gasteiger partial charge in [0, 0.05) is 33.1 Å². The van der Waals surface area contributed by atoms with Gasteiger partial charge in [-0.1, -0.05) is 159 Å². The van der Waals surface area contributed by atoms with Crippen LogP contribution >= 0.6 is 0 Å². The molecule has 1 aromatic heterocycles. The van der Waals surface area contributed by atoms with Crippen LogP contribution in [0.25, 0.3) is 50.8 Å². The molecule has 47 heavy (non-hydrogen) atoms. The molecular formula is C43H31N3O. The zero-order valence-electron chi connectivity index (χ0n) is 26.2. The highest BCUT2D eigenvalue weighted by Crippen LogP contribution is 2.57. The number of rotatable bonds is 4. The standard InChI is InChI=1S/C43H31N3O/c1-42(2)35-25-15-14-24-33(35)36-31-22-12-13-23-32(31)38-34(37(36)42)26-27-43(47-38,30-20-10-5-11-21-30)41-45-39(28-16-6-3-7-17-28)44-40(46-41)29-18-8-4-9-19-29/h3-27H,1-2H3. The van der Waals surface area contributed by atoms with Gasteiger partial charge in [-0.15, -0.1) is 0 Å². The lowest BCUT2D eigenvalue weighted by molar-refractivity contribution is 0.153. The predicted molar refractivity (Wildman–Crippen MR) is 189 cm³/mol. The topological polar surface area (TPSA) is 47.9 Å². The van der Waals surface area contributed by atoms with Crippen molar-refractivity contribution >= 4 is 16.8 Å². The molecule has 1 aliphatic carbocycles. The number of aromatic nitrogens is 3. The van der Waals surface area contributed by atoms with E-state index in [-0.39, 0.29) is 5.41 Å². The molecule has 1 unspecified atom stereocenters. The van der Waals surface area contributed by atoms with Gasteiger partial charge in [0.2, 0.25) is 5.60 Å². The summed E-state index contributed by atoms with van der Waals surface area (Å²) < 4.78 is 7.46. The van der Waals surface area contributed by atoms with Crippen LogP contribution in [0, 0.1) is 0 Å². The van der Waals surface area contributed by atoms with E-state index in [1.807, 2.05) is 78.9 Å². The van der Waals surface area contributed by atoms with Crippen molar-refractivity contribution in [3.05, 3.63) is 174 Å². The molecule has 6 aromatic carbocycles. The normalized spacial score (nSPS) is 17.1. The van der Waals surface area contributed by atoms with Gasteiger partial charge in [-0.25, -0.2) is 15.0 Å². The first-order valence-electron chi connectivity index (χ1n) is 16.0. The van der Waals surface area contributed by atoms with Gasteiger partial charge in [0.05, 0.1) is 0 Å². The molecule has 0 amide bonds. The van der Waals surface area contributed by atoms with Crippen molar-refractivity contribution in [2.24, 2.45) is 0 Å². The average Bonchev–Trinajstić information content (AvgIpc) is 3.39. The summed E-state index contributed by atoms with van der Waals surface area (Å²) in [5, 5.41) is 2.25. The summed E-state index contributed by atoms with van der Waals surface area (Å²) in [4.78, 5) is 15.4. The highest BCUT2D eigenvalue weighted by molar-refractivity contribution is 6.08. The monoisotopic (exact) mass is 605 g/mol. The molecule has 0 radical (unpaired) electrons. The summed E-state index contributed by atoms with van der Waals surface area (Å²) in [5.41, 5.74) is 7.75. The van der Waals surface area contributed by atoms with Crippen molar-refractivity contribution in [2.75, 3.05) is 0 Å². The third kappa shape index (κ3) is 4.11. The molecule has 0 spiro atoms. The highest BCUT2D eigenvalue weighted by Gasteiger charge is 2.45. The van der Waals surface area contributed by atoms with Crippen molar-refractivity contribution in [3.8, 4) is 39.7 Å². The van der Waals surface area contributed by atoms with Gasteiger partial charge >= 0.3 is 0 Å². The van der Waals surface area contributed by atoms with Crippen LogP contribution in [0.15, 0.2) is 146 Å². The second kappa shape index (κ2) is 10.3. The fraction of sp³-hybridized carbons (Fsp3) is 0.0930. The first-order chi connectivity index (χ1) is 23.0. The van der Waals surface area contributed by atoms with E-state index >= 15 is 0 Å². The fourth-order valence-electron chi connectivity index (χ4n) is 7.47. The second-order valence-corrected chi connectivity index (χ2v) is 12.8. The van der Waals surface area contributed by atoms with E-state index in [1.54, 1.807) is 0 Å². The SMILES string of the molecule is CC1(C)c2ccccc2-c2c1c1c(c3ccccc23)OC(c2ccccc2)(c2nc(-c3ccccc3)nc(-c3ccccc3)n2)C=C1. The van der Waals surface area contributed by atoms with Crippen LogP contribution in [-0.4, -0.2) is 15.0 Å². The lowest BCUT2D eigenvalue weighted by Crippen LogP contribution is -2.37. The zero-order valence-corrected chi connectivity index (χ0v) is 26.2. The molecule has 4 heteroatoms. The van der Waals surface area contributed by atoms with E-state index in [9.17, 15) is 0 Å². The molecule has 0 fully saturated rings. The Hall–Kier alpha value is -5.87. The van der Waals surface area contributed by atoms with Gasteiger partial charge in [-0.2, -0.15) is 0 Å². The predicted octanol–water partition coefficient (Wildman–Crippen LogP) is 10.0. The van der Waals surface area contributed by atoms with E-state index in [0.717, 1.165) is 33.4 Å². The lowest BCUT2D eigenvalue weighted by atomic mass is 9.77. The molecule has 9 rings (SSSR count). The average molecular weight is 606 g/mol. The molecule has 4 nitrogen and oxygen atoms in total. The first-order valence-corrected chi connectivity index (χ1v) is 16.0. The molecule has 0 bridgehead atoms. The Morgan fingerprint density at radius 3 is 1.77 bits per heavy atom. The molecule has 1 aliphatic heterocycles. The summed E-state index contributed by atoms with van der Waals surface area (Å²) in [7, 11) is 0. The Labute approximate surface area is 274 Å². The van der Waals surface area contributed by atoms with Crippen molar-refractivity contribution in [2.45, 2.75) is 24.9 Å². The van der Waals surface area contributed by atoms with Crippen molar-refractivity contribution in [3.63, 3.8) is 0 Å². The number of benzene rings is 6. The second-order valence-electron chi connectivity index (χ2n) is 12.8.